The predicted octanol–water partition coefficient (Wildman–Crippen LogP) is 3.19. The van der Waals surface area contributed by atoms with Gasteiger partial charge in [-0.3, -0.25) is 9.69 Å². The van der Waals surface area contributed by atoms with Crippen molar-refractivity contribution in [2.24, 2.45) is 0 Å². The molecule has 0 spiro atoms. The first-order valence-electron chi connectivity index (χ1n) is 9.58. The van der Waals surface area contributed by atoms with Gasteiger partial charge < -0.3 is 10.2 Å². The Hall–Kier alpha value is -2.33. The van der Waals surface area contributed by atoms with Crippen LogP contribution in [0.15, 0.2) is 54.6 Å². The van der Waals surface area contributed by atoms with Gasteiger partial charge in [0.25, 0.3) is 5.91 Å². The number of hydrogen-bond acceptors (Lipinski definition) is 3. The van der Waals surface area contributed by atoms with Gasteiger partial charge in [-0.2, -0.15) is 0 Å². The Morgan fingerprint density at radius 1 is 1.00 bits per heavy atom. The molecule has 3 rings (SSSR count). The van der Waals surface area contributed by atoms with E-state index in [0.29, 0.717) is 12.6 Å². The maximum atomic E-state index is 12.3. The van der Waals surface area contributed by atoms with Gasteiger partial charge in [0.15, 0.2) is 0 Å². The maximum Gasteiger partial charge on any atom is 0.251 e. The number of benzene rings is 2. The van der Waals surface area contributed by atoms with Crippen LogP contribution in [0.25, 0.3) is 0 Å². The van der Waals surface area contributed by atoms with Crippen LogP contribution in [0, 0.1) is 0 Å². The second-order valence-corrected chi connectivity index (χ2v) is 6.97. The van der Waals surface area contributed by atoms with Crippen LogP contribution in [-0.4, -0.2) is 49.6 Å². The summed E-state index contributed by atoms with van der Waals surface area (Å²) in [5.41, 5.74) is 3.29. The molecule has 1 amide bonds. The van der Waals surface area contributed by atoms with E-state index in [1.807, 2.05) is 24.3 Å². The molecule has 4 nitrogen and oxygen atoms in total. The zero-order valence-corrected chi connectivity index (χ0v) is 15.8. The highest BCUT2D eigenvalue weighted by Crippen LogP contribution is 2.16. The number of carbonyl (C=O) groups excluding carboxylic acids is 1. The fourth-order valence-corrected chi connectivity index (χ4v) is 3.42. The summed E-state index contributed by atoms with van der Waals surface area (Å²) in [5.74, 6) is 0.0161. The molecule has 1 atom stereocenters. The molecule has 1 heterocycles. The fourth-order valence-electron chi connectivity index (χ4n) is 3.42. The lowest BCUT2D eigenvalue weighted by molar-refractivity contribution is 0.0934. The predicted molar refractivity (Wildman–Crippen MR) is 108 cm³/mol. The highest BCUT2D eigenvalue weighted by Gasteiger charge is 2.21. The summed E-state index contributed by atoms with van der Waals surface area (Å²) < 4.78 is 0. The van der Waals surface area contributed by atoms with Crippen LogP contribution in [0.2, 0.25) is 0 Å². The normalized spacial score (nSPS) is 16.3. The zero-order valence-electron chi connectivity index (χ0n) is 15.8. The Balaban J connectivity index is 1.45. The van der Waals surface area contributed by atoms with Gasteiger partial charge in [0.05, 0.1) is 0 Å². The third-order valence-electron chi connectivity index (χ3n) is 5.24. The Kier molecular flexibility index (Phi) is 6.29. The second-order valence-electron chi connectivity index (χ2n) is 6.97. The van der Waals surface area contributed by atoms with E-state index < -0.39 is 0 Å². The third kappa shape index (κ3) is 4.64. The lowest BCUT2D eigenvalue weighted by Gasteiger charge is -2.39. The van der Waals surface area contributed by atoms with Crippen molar-refractivity contribution in [3.8, 4) is 0 Å². The van der Waals surface area contributed by atoms with Gasteiger partial charge >= 0.3 is 0 Å². The molecule has 0 aliphatic carbocycles. The van der Waals surface area contributed by atoms with Crippen LogP contribution in [0.3, 0.4) is 0 Å². The van der Waals surface area contributed by atoms with Crippen molar-refractivity contribution in [1.82, 2.24) is 10.2 Å². The molecular formula is C22H29N3O. The largest absolute Gasteiger partial charge is 0.369 e. The smallest absolute Gasteiger partial charge is 0.251 e. The van der Waals surface area contributed by atoms with Gasteiger partial charge in [0.1, 0.15) is 0 Å². The maximum absolute atomic E-state index is 12.3. The first kappa shape index (κ1) is 18.5. The van der Waals surface area contributed by atoms with E-state index >= 15 is 0 Å². The molecule has 1 saturated heterocycles. The standard InChI is InChI=1S/C22H29N3O/c1-3-19-9-11-20(12-10-19)22(26)23-17-18(2)24-13-15-25(16-14-24)21-7-5-4-6-8-21/h4-12,18H,3,13-17H2,1-2H3,(H,23,26)/t18-/m1/s1. The van der Waals surface area contributed by atoms with Crippen LogP contribution in [0.5, 0.6) is 0 Å². The SMILES string of the molecule is CCc1ccc(C(=O)NC[C@@H](C)N2CCN(c3ccccc3)CC2)cc1. The van der Waals surface area contributed by atoms with E-state index in [-0.39, 0.29) is 5.91 Å². The van der Waals surface area contributed by atoms with Crippen LogP contribution < -0.4 is 10.2 Å². The summed E-state index contributed by atoms with van der Waals surface area (Å²) in [5, 5.41) is 3.08. The number of nitrogens with zero attached hydrogens (tertiary/aromatic N) is 2. The van der Waals surface area contributed by atoms with Gasteiger partial charge in [-0.15, -0.1) is 0 Å². The van der Waals surface area contributed by atoms with Crippen LogP contribution in [0.4, 0.5) is 5.69 Å². The molecule has 0 saturated carbocycles. The minimum Gasteiger partial charge on any atom is -0.369 e. The monoisotopic (exact) mass is 351 g/mol. The molecule has 1 fully saturated rings. The van der Waals surface area contributed by atoms with E-state index in [2.05, 4.69) is 59.3 Å². The summed E-state index contributed by atoms with van der Waals surface area (Å²) in [6.07, 6.45) is 0.994. The molecular weight excluding hydrogens is 322 g/mol. The van der Waals surface area contributed by atoms with E-state index in [1.165, 1.54) is 11.3 Å². The van der Waals surface area contributed by atoms with Crippen molar-refractivity contribution in [1.29, 1.82) is 0 Å². The van der Waals surface area contributed by atoms with Crippen LogP contribution in [-0.2, 0) is 6.42 Å². The number of aryl methyl sites for hydroxylation is 1. The molecule has 1 N–H and O–H groups in total. The van der Waals surface area contributed by atoms with Gasteiger partial charge in [-0.25, -0.2) is 0 Å². The van der Waals surface area contributed by atoms with E-state index in [4.69, 9.17) is 0 Å². The minimum atomic E-state index is 0.0161. The molecule has 4 heteroatoms. The van der Waals surface area contributed by atoms with Crippen molar-refractivity contribution in [2.75, 3.05) is 37.6 Å². The fraction of sp³-hybridized carbons (Fsp3) is 0.409. The zero-order chi connectivity index (χ0) is 18.4. The Morgan fingerprint density at radius 2 is 1.65 bits per heavy atom. The summed E-state index contributed by atoms with van der Waals surface area (Å²) in [4.78, 5) is 17.2. The van der Waals surface area contributed by atoms with E-state index in [0.717, 1.165) is 38.2 Å². The average molecular weight is 351 g/mol. The Morgan fingerprint density at radius 3 is 2.27 bits per heavy atom. The molecule has 2 aromatic rings. The first-order valence-corrected chi connectivity index (χ1v) is 9.58. The van der Waals surface area contributed by atoms with Gasteiger partial charge in [-0.1, -0.05) is 37.3 Å². The number of carbonyl (C=O) groups is 1. The third-order valence-corrected chi connectivity index (χ3v) is 5.24. The van der Waals surface area contributed by atoms with Crippen molar-refractivity contribution in [3.63, 3.8) is 0 Å². The number of amides is 1. The molecule has 0 radical (unpaired) electrons. The lowest BCUT2D eigenvalue weighted by Crippen LogP contribution is -2.52. The van der Waals surface area contributed by atoms with Crippen molar-refractivity contribution < 1.29 is 4.79 Å². The molecule has 1 aliphatic rings. The molecule has 2 aromatic carbocycles. The van der Waals surface area contributed by atoms with Gasteiger partial charge in [0, 0.05) is 50.0 Å². The molecule has 0 aromatic heterocycles. The number of anilines is 1. The van der Waals surface area contributed by atoms with Crippen molar-refractivity contribution >= 4 is 11.6 Å². The number of rotatable bonds is 6. The van der Waals surface area contributed by atoms with Crippen molar-refractivity contribution in [2.45, 2.75) is 26.3 Å². The quantitative estimate of drug-likeness (QED) is 0.868. The highest BCUT2D eigenvalue weighted by atomic mass is 16.1. The molecule has 1 aliphatic heterocycles. The summed E-state index contributed by atoms with van der Waals surface area (Å²) >= 11 is 0. The molecule has 138 valence electrons. The van der Waals surface area contributed by atoms with Gasteiger partial charge in [-0.05, 0) is 43.2 Å². The summed E-state index contributed by atoms with van der Waals surface area (Å²) in [6.45, 7) is 9.10. The number of nitrogens with one attached hydrogen (secondary N) is 1. The van der Waals surface area contributed by atoms with E-state index in [1.54, 1.807) is 0 Å². The lowest BCUT2D eigenvalue weighted by atomic mass is 10.1. The highest BCUT2D eigenvalue weighted by molar-refractivity contribution is 5.94. The molecule has 26 heavy (non-hydrogen) atoms. The minimum absolute atomic E-state index is 0.0161. The Labute approximate surface area is 156 Å². The van der Waals surface area contributed by atoms with Gasteiger partial charge in [0.2, 0.25) is 0 Å². The van der Waals surface area contributed by atoms with E-state index in [9.17, 15) is 4.79 Å². The van der Waals surface area contributed by atoms with Crippen LogP contribution in [0.1, 0.15) is 29.8 Å². The second kappa shape index (κ2) is 8.86. The summed E-state index contributed by atoms with van der Waals surface area (Å²) in [7, 11) is 0. The molecule has 0 bridgehead atoms. The Bertz CT molecular complexity index is 691. The first-order chi connectivity index (χ1) is 12.7. The topological polar surface area (TPSA) is 35.6 Å². The van der Waals surface area contributed by atoms with Crippen LogP contribution >= 0.6 is 0 Å². The number of para-hydroxylation sites is 1. The summed E-state index contributed by atoms with van der Waals surface area (Å²) in [6, 6.07) is 18.8. The number of piperazine rings is 1. The number of hydrogen-bond donors (Lipinski definition) is 1. The molecule has 0 unspecified atom stereocenters. The van der Waals surface area contributed by atoms with Crippen molar-refractivity contribution in [3.05, 3.63) is 65.7 Å². The average Bonchev–Trinajstić information content (AvgIpc) is 2.72.